The van der Waals surface area contributed by atoms with Gasteiger partial charge in [0.05, 0.1) is 27.4 Å². The van der Waals surface area contributed by atoms with Crippen LogP contribution in [-0.2, 0) is 0 Å². The van der Waals surface area contributed by atoms with E-state index < -0.39 is 0 Å². The van der Waals surface area contributed by atoms with Crippen molar-refractivity contribution < 1.29 is 19.0 Å². The summed E-state index contributed by atoms with van der Waals surface area (Å²) in [6.07, 6.45) is 1.97. The molecule has 132 valence electrons. The molecular weight excluding hydrogens is 318 g/mol. The zero-order chi connectivity index (χ0) is 17.8. The van der Waals surface area contributed by atoms with E-state index in [2.05, 4.69) is 12.1 Å². The van der Waals surface area contributed by atoms with E-state index in [9.17, 15) is 4.79 Å². The van der Waals surface area contributed by atoms with Crippen LogP contribution >= 0.6 is 0 Å². The number of carbonyl (C=O) groups excluding carboxylic acids is 1. The Kier molecular flexibility index (Phi) is 5.12. The number of hydrogen-bond acceptors (Lipinski definition) is 4. The highest BCUT2D eigenvalue weighted by atomic mass is 16.5. The lowest BCUT2D eigenvalue weighted by Crippen LogP contribution is -2.30. The number of rotatable bonds is 5. The lowest BCUT2D eigenvalue weighted by atomic mass is 10.0. The summed E-state index contributed by atoms with van der Waals surface area (Å²) in [7, 11) is 4.65. The van der Waals surface area contributed by atoms with Crippen molar-refractivity contribution in [3.8, 4) is 17.2 Å². The van der Waals surface area contributed by atoms with Gasteiger partial charge in [-0.2, -0.15) is 0 Å². The SMILES string of the molecule is COc1cc(C(=O)N2CCC[C@@H]2c2ccccc2)cc(OC)c1OC. The van der Waals surface area contributed by atoms with Gasteiger partial charge in [-0.3, -0.25) is 4.79 Å². The number of amides is 1. The van der Waals surface area contributed by atoms with Crippen LogP contribution in [0.3, 0.4) is 0 Å². The highest BCUT2D eigenvalue weighted by Gasteiger charge is 2.31. The van der Waals surface area contributed by atoms with E-state index in [-0.39, 0.29) is 11.9 Å². The summed E-state index contributed by atoms with van der Waals surface area (Å²) in [5, 5.41) is 0. The fraction of sp³-hybridized carbons (Fsp3) is 0.350. The van der Waals surface area contributed by atoms with Gasteiger partial charge in [-0.1, -0.05) is 30.3 Å². The molecule has 25 heavy (non-hydrogen) atoms. The van der Waals surface area contributed by atoms with Crippen LogP contribution in [0, 0.1) is 0 Å². The molecule has 2 aromatic rings. The van der Waals surface area contributed by atoms with Crippen molar-refractivity contribution in [2.45, 2.75) is 18.9 Å². The number of nitrogens with zero attached hydrogens (tertiary/aromatic N) is 1. The molecule has 1 saturated heterocycles. The molecular formula is C20H23NO4. The van der Waals surface area contributed by atoms with Crippen LogP contribution in [0.15, 0.2) is 42.5 Å². The first kappa shape index (κ1) is 17.1. The number of benzene rings is 2. The van der Waals surface area contributed by atoms with Crippen molar-refractivity contribution in [3.05, 3.63) is 53.6 Å². The largest absolute Gasteiger partial charge is 0.493 e. The van der Waals surface area contributed by atoms with E-state index in [4.69, 9.17) is 14.2 Å². The Morgan fingerprint density at radius 1 is 1.00 bits per heavy atom. The van der Waals surface area contributed by atoms with E-state index in [1.165, 1.54) is 5.56 Å². The van der Waals surface area contributed by atoms with E-state index in [1.54, 1.807) is 33.5 Å². The molecule has 1 amide bonds. The fourth-order valence-corrected chi connectivity index (χ4v) is 3.40. The molecule has 1 atom stereocenters. The van der Waals surface area contributed by atoms with Crippen LogP contribution in [0.2, 0.25) is 0 Å². The lowest BCUT2D eigenvalue weighted by molar-refractivity contribution is 0.0734. The van der Waals surface area contributed by atoms with Gasteiger partial charge in [-0.25, -0.2) is 0 Å². The van der Waals surface area contributed by atoms with Crippen molar-refractivity contribution in [2.24, 2.45) is 0 Å². The molecule has 0 spiro atoms. The minimum atomic E-state index is -0.0226. The minimum absolute atomic E-state index is 0.0226. The number of ether oxygens (including phenoxy) is 3. The first-order valence-corrected chi connectivity index (χ1v) is 8.35. The summed E-state index contributed by atoms with van der Waals surface area (Å²) in [5.41, 5.74) is 1.71. The maximum atomic E-state index is 13.1. The third kappa shape index (κ3) is 3.27. The number of hydrogen-bond donors (Lipinski definition) is 0. The van der Waals surface area contributed by atoms with Crippen molar-refractivity contribution >= 4 is 5.91 Å². The van der Waals surface area contributed by atoms with Crippen LogP contribution in [-0.4, -0.2) is 38.7 Å². The number of methoxy groups -OCH3 is 3. The Morgan fingerprint density at radius 2 is 1.64 bits per heavy atom. The summed E-state index contributed by atoms with van der Waals surface area (Å²) in [5.74, 6) is 1.44. The molecule has 0 aromatic heterocycles. The molecule has 1 aliphatic rings. The molecule has 0 unspecified atom stereocenters. The molecule has 0 N–H and O–H groups in total. The maximum absolute atomic E-state index is 13.1. The van der Waals surface area contributed by atoms with Gasteiger partial charge >= 0.3 is 0 Å². The van der Waals surface area contributed by atoms with Crippen molar-refractivity contribution in [3.63, 3.8) is 0 Å². The zero-order valence-corrected chi connectivity index (χ0v) is 14.8. The Bertz CT molecular complexity index is 720. The first-order valence-electron chi connectivity index (χ1n) is 8.35. The van der Waals surface area contributed by atoms with Crippen molar-refractivity contribution in [2.75, 3.05) is 27.9 Å². The Morgan fingerprint density at radius 3 is 2.20 bits per heavy atom. The van der Waals surface area contributed by atoms with Gasteiger partial charge in [-0.15, -0.1) is 0 Å². The van der Waals surface area contributed by atoms with Gasteiger partial charge in [0, 0.05) is 12.1 Å². The predicted molar refractivity (Wildman–Crippen MR) is 95.6 cm³/mol. The monoisotopic (exact) mass is 341 g/mol. The van der Waals surface area contributed by atoms with Gasteiger partial charge in [0.15, 0.2) is 11.5 Å². The molecule has 1 fully saturated rings. The Labute approximate surface area is 148 Å². The van der Waals surface area contributed by atoms with E-state index >= 15 is 0 Å². The van der Waals surface area contributed by atoms with Crippen LogP contribution in [0.1, 0.15) is 34.8 Å². The highest BCUT2D eigenvalue weighted by molar-refractivity contribution is 5.96. The molecule has 3 rings (SSSR count). The van der Waals surface area contributed by atoms with Crippen LogP contribution < -0.4 is 14.2 Å². The Balaban J connectivity index is 1.95. The normalized spacial score (nSPS) is 16.6. The summed E-state index contributed by atoms with van der Waals surface area (Å²) in [4.78, 5) is 15.1. The van der Waals surface area contributed by atoms with Gasteiger partial charge < -0.3 is 19.1 Å². The molecule has 1 aliphatic heterocycles. The quantitative estimate of drug-likeness (QED) is 0.832. The van der Waals surface area contributed by atoms with Crippen LogP contribution in [0.25, 0.3) is 0 Å². The van der Waals surface area contributed by atoms with Gasteiger partial charge in [0.2, 0.25) is 5.75 Å². The minimum Gasteiger partial charge on any atom is -0.493 e. The summed E-state index contributed by atoms with van der Waals surface area (Å²) >= 11 is 0. The fourth-order valence-electron chi connectivity index (χ4n) is 3.40. The zero-order valence-electron chi connectivity index (χ0n) is 14.8. The standard InChI is InChI=1S/C20H23NO4/c1-23-17-12-15(13-18(24-2)19(17)25-3)20(22)21-11-7-10-16(21)14-8-5-4-6-9-14/h4-6,8-9,12-13,16H,7,10-11H2,1-3H3/t16-/m1/s1. The second kappa shape index (κ2) is 7.47. The number of likely N-dealkylation sites (tertiary alicyclic amines) is 1. The third-order valence-electron chi connectivity index (χ3n) is 4.61. The molecule has 0 aliphatic carbocycles. The molecule has 5 nitrogen and oxygen atoms in total. The van der Waals surface area contributed by atoms with Crippen LogP contribution in [0.5, 0.6) is 17.2 Å². The lowest BCUT2D eigenvalue weighted by Gasteiger charge is -2.26. The Hall–Kier alpha value is -2.69. The van der Waals surface area contributed by atoms with E-state index in [0.717, 1.165) is 19.4 Å². The van der Waals surface area contributed by atoms with Crippen LogP contribution in [0.4, 0.5) is 0 Å². The van der Waals surface area contributed by atoms with E-state index in [0.29, 0.717) is 22.8 Å². The van der Waals surface area contributed by atoms with E-state index in [1.807, 2.05) is 23.1 Å². The summed E-state index contributed by atoms with van der Waals surface area (Å²) in [6, 6.07) is 13.7. The molecule has 0 radical (unpaired) electrons. The second-order valence-corrected chi connectivity index (χ2v) is 5.98. The smallest absolute Gasteiger partial charge is 0.254 e. The van der Waals surface area contributed by atoms with Gasteiger partial charge in [0.25, 0.3) is 5.91 Å². The first-order chi connectivity index (χ1) is 12.2. The maximum Gasteiger partial charge on any atom is 0.254 e. The van der Waals surface area contributed by atoms with Gasteiger partial charge in [0.1, 0.15) is 0 Å². The summed E-state index contributed by atoms with van der Waals surface area (Å²) in [6.45, 7) is 0.745. The molecule has 5 heteroatoms. The van der Waals surface area contributed by atoms with Crippen molar-refractivity contribution in [1.29, 1.82) is 0 Å². The average molecular weight is 341 g/mol. The predicted octanol–water partition coefficient (Wildman–Crippen LogP) is 3.69. The molecule has 0 saturated carbocycles. The molecule has 1 heterocycles. The number of carbonyl (C=O) groups is 1. The highest BCUT2D eigenvalue weighted by Crippen LogP contribution is 2.40. The molecule has 2 aromatic carbocycles. The summed E-state index contributed by atoms with van der Waals surface area (Å²) < 4.78 is 16.1. The second-order valence-electron chi connectivity index (χ2n) is 5.98. The topological polar surface area (TPSA) is 48.0 Å². The third-order valence-corrected chi connectivity index (χ3v) is 4.61. The average Bonchev–Trinajstić information content (AvgIpc) is 3.16. The molecule has 0 bridgehead atoms. The van der Waals surface area contributed by atoms with Gasteiger partial charge in [-0.05, 0) is 30.5 Å². The van der Waals surface area contributed by atoms with Crippen molar-refractivity contribution in [1.82, 2.24) is 4.90 Å².